The summed E-state index contributed by atoms with van der Waals surface area (Å²) in [6.07, 6.45) is 2.87. The average molecular weight is 578 g/mol. The largest absolute Gasteiger partial charge is 0.461 e. The molecule has 4 rings (SSSR count). The van der Waals surface area contributed by atoms with Gasteiger partial charge in [-0.05, 0) is 43.7 Å². The Hall–Kier alpha value is -3.28. The second-order valence-corrected chi connectivity index (χ2v) is 10.8. The molecule has 8 nitrogen and oxygen atoms in total. The van der Waals surface area contributed by atoms with Crippen molar-refractivity contribution in [1.82, 2.24) is 24.6 Å². The van der Waals surface area contributed by atoms with Crippen LogP contribution in [0.2, 0.25) is 0 Å². The van der Waals surface area contributed by atoms with Crippen molar-refractivity contribution in [2.45, 2.75) is 69.7 Å². The molecule has 0 radical (unpaired) electrons. The van der Waals surface area contributed by atoms with Crippen LogP contribution >= 0.6 is 11.8 Å². The van der Waals surface area contributed by atoms with Crippen molar-refractivity contribution in [1.29, 1.82) is 0 Å². The van der Waals surface area contributed by atoms with Gasteiger partial charge in [0.05, 0.1) is 23.3 Å². The molecule has 1 fully saturated rings. The van der Waals surface area contributed by atoms with Crippen LogP contribution in [0.4, 0.5) is 13.2 Å². The Labute approximate surface area is 235 Å². The summed E-state index contributed by atoms with van der Waals surface area (Å²) in [5.74, 6) is 0.581. The number of amides is 2. The van der Waals surface area contributed by atoms with Crippen LogP contribution < -0.4 is 0 Å². The summed E-state index contributed by atoms with van der Waals surface area (Å²) in [6, 6.07) is 8.05. The third-order valence-corrected chi connectivity index (χ3v) is 7.84. The maximum Gasteiger partial charge on any atom is 0.416 e. The van der Waals surface area contributed by atoms with Crippen molar-refractivity contribution in [3.63, 3.8) is 0 Å². The van der Waals surface area contributed by atoms with Gasteiger partial charge in [0.1, 0.15) is 0 Å². The number of aromatic nitrogens is 3. The summed E-state index contributed by atoms with van der Waals surface area (Å²) in [4.78, 5) is 29.4. The molecule has 3 heterocycles. The van der Waals surface area contributed by atoms with Crippen molar-refractivity contribution >= 4 is 23.6 Å². The van der Waals surface area contributed by atoms with E-state index in [4.69, 9.17) is 4.42 Å². The molecule has 3 aromatic rings. The van der Waals surface area contributed by atoms with Crippen molar-refractivity contribution in [3.05, 3.63) is 48.2 Å². The third-order valence-electron chi connectivity index (χ3n) is 6.93. The van der Waals surface area contributed by atoms with Crippen molar-refractivity contribution in [3.8, 4) is 17.3 Å². The van der Waals surface area contributed by atoms with E-state index in [1.807, 2.05) is 11.8 Å². The van der Waals surface area contributed by atoms with Gasteiger partial charge in [0.15, 0.2) is 10.9 Å². The molecule has 1 aliphatic rings. The Kier molecular flexibility index (Phi) is 9.94. The molecule has 0 aliphatic carbocycles. The summed E-state index contributed by atoms with van der Waals surface area (Å²) >= 11 is 1.10. The minimum Gasteiger partial charge on any atom is -0.461 e. The van der Waals surface area contributed by atoms with Gasteiger partial charge in [0.2, 0.25) is 17.6 Å². The number of hydrogen-bond donors (Lipinski definition) is 0. The Bertz CT molecular complexity index is 1280. The molecule has 2 aromatic heterocycles. The predicted molar refractivity (Wildman–Crippen MR) is 146 cm³/mol. The summed E-state index contributed by atoms with van der Waals surface area (Å²) in [5.41, 5.74) is -0.602. The van der Waals surface area contributed by atoms with Crippen molar-refractivity contribution in [2.75, 3.05) is 25.4 Å². The lowest BCUT2D eigenvalue weighted by molar-refractivity contribution is -0.141. The molecule has 1 saturated heterocycles. The number of furan rings is 1. The van der Waals surface area contributed by atoms with Gasteiger partial charge in [-0.1, -0.05) is 50.4 Å². The predicted octanol–water partition coefficient (Wildman–Crippen LogP) is 6.06. The van der Waals surface area contributed by atoms with Crippen LogP contribution in [0.1, 0.15) is 57.9 Å². The topological polar surface area (TPSA) is 84.5 Å². The Balaban J connectivity index is 1.41. The zero-order valence-electron chi connectivity index (χ0n) is 22.7. The van der Waals surface area contributed by atoms with Crippen LogP contribution in [-0.4, -0.2) is 67.8 Å². The van der Waals surface area contributed by atoms with Gasteiger partial charge in [-0.2, -0.15) is 13.2 Å². The number of benzene rings is 1. The highest BCUT2D eigenvalue weighted by molar-refractivity contribution is 7.99. The highest BCUT2D eigenvalue weighted by atomic mass is 32.2. The summed E-state index contributed by atoms with van der Waals surface area (Å²) in [6.45, 7) is 5.45. The Morgan fingerprint density at radius 1 is 1.05 bits per heavy atom. The van der Waals surface area contributed by atoms with E-state index in [1.165, 1.54) is 29.4 Å². The lowest BCUT2D eigenvalue weighted by atomic mass is 10.1. The maximum atomic E-state index is 13.4. The quantitative estimate of drug-likeness (QED) is 0.204. The number of rotatable bonds is 11. The van der Waals surface area contributed by atoms with Gasteiger partial charge in [0, 0.05) is 32.1 Å². The van der Waals surface area contributed by atoms with E-state index in [-0.39, 0.29) is 40.3 Å². The molecule has 1 unspecified atom stereocenters. The van der Waals surface area contributed by atoms with Gasteiger partial charge < -0.3 is 14.2 Å². The number of carbonyl (C=O) groups excluding carboxylic acids is 2. The van der Waals surface area contributed by atoms with E-state index in [0.717, 1.165) is 49.6 Å². The van der Waals surface area contributed by atoms with Gasteiger partial charge in [-0.15, -0.1) is 10.2 Å². The molecule has 1 aliphatic heterocycles. The summed E-state index contributed by atoms with van der Waals surface area (Å²) in [5, 5.41) is 8.58. The lowest BCUT2D eigenvalue weighted by Gasteiger charge is -2.40. The number of hydrogen-bond acceptors (Lipinski definition) is 6. The van der Waals surface area contributed by atoms with E-state index in [2.05, 4.69) is 17.1 Å². The second-order valence-electron chi connectivity index (χ2n) is 9.90. The van der Waals surface area contributed by atoms with E-state index in [0.29, 0.717) is 31.8 Å². The summed E-state index contributed by atoms with van der Waals surface area (Å²) < 4.78 is 47.2. The minimum absolute atomic E-state index is 0.0212. The number of unbranched alkanes of at least 4 members (excludes halogenated alkanes) is 4. The highest BCUT2D eigenvalue weighted by Gasteiger charge is 2.32. The van der Waals surface area contributed by atoms with Crippen LogP contribution in [0.15, 0.2) is 52.2 Å². The molecule has 2 amide bonds. The molecule has 1 aromatic carbocycles. The first kappa shape index (κ1) is 29.7. The number of carbonyl (C=O) groups is 2. The maximum absolute atomic E-state index is 13.4. The number of piperazine rings is 1. The summed E-state index contributed by atoms with van der Waals surface area (Å²) in [7, 11) is 0. The van der Waals surface area contributed by atoms with Crippen LogP contribution in [0.25, 0.3) is 17.3 Å². The van der Waals surface area contributed by atoms with Gasteiger partial charge >= 0.3 is 6.18 Å². The van der Waals surface area contributed by atoms with E-state index >= 15 is 0 Å². The molecule has 216 valence electrons. The molecule has 1 atom stereocenters. The van der Waals surface area contributed by atoms with Crippen LogP contribution in [0, 0.1) is 0 Å². The van der Waals surface area contributed by atoms with Gasteiger partial charge in [0.25, 0.3) is 0 Å². The fraction of sp³-hybridized carbons (Fsp3) is 0.500. The van der Waals surface area contributed by atoms with Crippen LogP contribution in [-0.2, 0) is 15.8 Å². The first-order valence-electron chi connectivity index (χ1n) is 13.6. The van der Waals surface area contributed by atoms with Crippen molar-refractivity contribution < 1.29 is 27.2 Å². The second kappa shape index (κ2) is 13.4. The fourth-order valence-corrected chi connectivity index (χ4v) is 5.63. The highest BCUT2D eigenvalue weighted by Crippen LogP contribution is 2.33. The fourth-order valence-electron chi connectivity index (χ4n) is 4.78. The van der Waals surface area contributed by atoms with E-state index in [9.17, 15) is 22.8 Å². The molecule has 0 bridgehead atoms. The first-order valence-corrected chi connectivity index (χ1v) is 14.5. The molecular weight excluding hydrogens is 543 g/mol. The normalized spacial score (nSPS) is 16.0. The lowest BCUT2D eigenvalue weighted by Crippen LogP contribution is -2.55. The van der Waals surface area contributed by atoms with E-state index in [1.54, 1.807) is 17.0 Å². The first-order chi connectivity index (χ1) is 19.2. The number of halogens is 3. The Morgan fingerprint density at radius 3 is 2.55 bits per heavy atom. The molecule has 0 spiro atoms. The minimum atomic E-state index is -4.52. The number of thioether (sulfide) groups is 1. The standard InChI is InChI=1S/C28H34F3N5O3S/c1-3-4-5-6-7-13-24(37)35-15-14-34(18-20(35)2)25(38)19-40-27-33-32-26(23-12-9-16-39-23)36(27)22-11-8-10-21(17-22)28(29,30)31/h8-12,16-17,20H,3-7,13-15,18-19H2,1-2H3. The Morgan fingerprint density at radius 2 is 1.85 bits per heavy atom. The zero-order chi connectivity index (χ0) is 28.7. The number of alkyl halides is 3. The molecule has 0 saturated carbocycles. The average Bonchev–Trinajstić information content (AvgIpc) is 3.61. The van der Waals surface area contributed by atoms with Gasteiger partial charge in [-0.3, -0.25) is 14.2 Å². The molecular formula is C28H34F3N5O3S. The molecule has 0 N–H and O–H groups in total. The third kappa shape index (κ3) is 7.26. The van der Waals surface area contributed by atoms with Crippen LogP contribution in [0.5, 0.6) is 0 Å². The van der Waals surface area contributed by atoms with Crippen LogP contribution in [0.3, 0.4) is 0 Å². The zero-order valence-corrected chi connectivity index (χ0v) is 23.5. The molecule has 40 heavy (non-hydrogen) atoms. The molecule has 12 heteroatoms. The number of nitrogens with zero attached hydrogens (tertiary/aromatic N) is 5. The smallest absolute Gasteiger partial charge is 0.416 e. The van der Waals surface area contributed by atoms with Crippen molar-refractivity contribution in [2.24, 2.45) is 0 Å². The SMILES string of the molecule is CCCCCCCC(=O)N1CCN(C(=O)CSc2nnc(-c3ccco3)n2-c2cccc(C(F)(F)F)c2)CC1C. The van der Waals surface area contributed by atoms with Gasteiger partial charge in [-0.25, -0.2) is 0 Å². The van der Waals surface area contributed by atoms with E-state index < -0.39 is 11.7 Å². The monoisotopic (exact) mass is 577 g/mol.